The van der Waals surface area contributed by atoms with Gasteiger partial charge in [0.25, 0.3) is 0 Å². The zero-order chi connectivity index (χ0) is 8.97. The second kappa shape index (κ2) is 4.29. The number of aliphatic carboxylic acids is 1. The Morgan fingerprint density at radius 1 is 1.58 bits per heavy atom. The molecule has 0 spiro atoms. The first kappa shape index (κ1) is 9.30. The van der Waals surface area contributed by atoms with E-state index in [2.05, 4.69) is 6.58 Å². The average Bonchev–Trinajstić information content (AvgIpc) is 1.94. The molecule has 0 radical (unpaired) electrons. The molecule has 2 unspecified atom stereocenters. The van der Waals surface area contributed by atoms with E-state index in [0.717, 1.165) is 32.1 Å². The van der Waals surface area contributed by atoms with Crippen molar-refractivity contribution in [2.24, 2.45) is 11.8 Å². The van der Waals surface area contributed by atoms with Crippen LogP contribution in [0.3, 0.4) is 0 Å². The van der Waals surface area contributed by atoms with Crippen LogP contribution in [0.1, 0.15) is 32.1 Å². The summed E-state index contributed by atoms with van der Waals surface area (Å²) in [4.78, 5) is 10.6. The summed E-state index contributed by atoms with van der Waals surface area (Å²) < 4.78 is 0. The van der Waals surface area contributed by atoms with E-state index in [1.54, 1.807) is 0 Å². The lowest BCUT2D eigenvalue weighted by atomic mass is 9.71. The predicted molar refractivity (Wildman–Crippen MR) is 47.9 cm³/mol. The maximum Gasteiger partial charge on any atom is 0.306 e. The van der Waals surface area contributed by atoms with Crippen molar-refractivity contribution in [3.63, 3.8) is 0 Å². The summed E-state index contributed by atoms with van der Waals surface area (Å²) in [5, 5.41) is 8.74. The number of allylic oxidation sites excluding steroid dienone is 1. The van der Waals surface area contributed by atoms with Crippen LogP contribution in [0.15, 0.2) is 12.7 Å². The van der Waals surface area contributed by atoms with Crippen LogP contribution in [0.25, 0.3) is 0 Å². The molecule has 2 atom stereocenters. The van der Waals surface area contributed by atoms with Gasteiger partial charge in [0.15, 0.2) is 0 Å². The normalized spacial score (nSPS) is 27.7. The summed E-state index contributed by atoms with van der Waals surface area (Å²) >= 11 is 0. The van der Waals surface area contributed by atoms with Crippen LogP contribution in [0.5, 0.6) is 0 Å². The minimum atomic E-state index is -0.607. The molecule has 1 aliphatic carbocycles. The minimum Gasteiger partial charge on any atom is -0.481 e. The van der Waals surface area contributed by atoms with Crippen molar-refractivity contribution in [2.75, 3.05) is 0 Å². The number of rotatable bonds is 5. The highest BCUT2D eigenvalue weighted by Crippen LogP contribution is 2.37. The first-order valence-corrected chi connectivity index (χ1v) is 4.59. The molecule has 1 fully saturated rings. The van der Waals surface area contributed by atoms with E-state index in [9.17, 15) is 4.79 Å². The Morgan fingerprint density at radius 3 is 2.75 bits per heavy atom. The van der Waals surface area contributed by atoms with Gasteiger partial charge in [0.2, 0.25) is 0 Å². The van der Waals surface area contributed by atoms with Gasteiger partial charge in [-0.1, -0.05) is 6.08 Å². The number of unbranched alkanes of at least 4 members (excludes halogenated alkanes) is 1. The molecule has 1 saturated carbocycles. The van der Waals surface area contributed by atoms with E-state index in [0.29, 0.717) is 5.92 Å². The van der Waals surface area contributed by atoms with E-state index in [1.165, 1.54) is 0 Å². The maximum absolute atomic E-state index is 10.6. The number of hydrogen-bond donors (Lipinski definition) is 1. The molecule has 0 saturated heterocycles. The molecule has 0 aromatic rings. The summed E-state index contributed by atoms with van der Waals surface area (Å²) in [5.41, 5.74) is 0. The van der Waals surface area contributed by atoms with Gasteiger partial charge >= 0.3 is 5.97 Å². The molecular formula is C10H16O2. The quantitative estimate of drug-likeness (QED) is 0.505. The second-order valence-corrected chi connectivity index (χ2v) is 3.50. The van der Waals surface area contributed by atoms with Gasteiger partial charge in [0.05, 0.1) is 5.92 Å². The van der Waals surface area contributed by atoms with Crippen molar-refractivity contribution in [3.8, 4) is 0 Å². The average molecular weight is 168 g/mol. The molecule has 2 heteroatoms. The highest BCUT2D eigenvalue weighted by molar-refractivity contribution is 5.71. The van der Waals surface area contributed by atoms with Crippen molar-refractivity contribution in [1.82, 2.24) is 0 Å². The van der Waals surface area contributed by atoms with Crippen LogP contribution in [0.2, 0.25) is 0 Å². The smallest absolute Gasteiger partial charge is 0.306 e. The lowest BCUT2D eigenvalue weighted by molar-refractivity contribution is -0.147. The summed E-state index contributed by atoms with van der Waals surface area (Å²) in [6.45, 7) is 3.64. The van der Waals surface area contributed by atoms with Gasteiger partial charge in [-0.3, -0.25) is 4.79 Å². The Bertz CT molecular complexity index is 175. The lowest BCUT2D eigenvalue weighted by Gasteiger charge is -2.33. The number of hydrogen-bond acceptors (Lipinski definition) is 1. The molecule has 1 aliphatic rings. The van der Waals surface area contributed by atoms with Gasteiger partial charge in [-0.25, -0.2) is 0 Å². The fourth-order valence-electron chi connectivity index (χ4n) is 1.76. The van der Waals surface area contributed by atoms with E-state index >= 15 is 0 Å². The maximum atomic E-state index is 10.6. The molecular weight excluding hydrogens is 152 g/mol. The lowest BCUT2D eigenvalue weighted by Crippen LogP contribution is -2.32. The Labute approximate surface area is 73.3 Å². The van der Waals surface area contributed by atoms with Crippen molar-refractivity contribution in [3.05, 3.63) is 12.7 Å². The molecule has 0 bridgehead atoms. The Kier molecular flexibility index (Phi) is 3.32. The molecule has 0 aliphatic heterocycles. The molecule has 2 nitrogen and oxygen atoms in total. The van der Waals surface area contributed by atoms with Crippen molar-refractivity contribution in [2.45, 2.75) is 32.1 Å². The van der Waals surface area contributed by atoms with Crippen LogP contribution in [-0.4, -0.2) is 11.1 Å². The monoisotopic (exact) mass is 168 g/mol. The van der Waals surface area contributed by atoms with Crippen molar-refractivity contribution < 1.29 is 9.90 Å². The SMILES string of the molecule is C=CCCCC1CCC1C(=O)O. The van der Waals surface area contributed by atoms with E-state index in [1.807, 2.05) is 6.08 Å². The minimum absolute atomic E-state index is 0.0465. The van der Waals surface area contributed by atoms with Crippen LogP contribution in [0.4, 0.5) is 0 Å². The third kappa shape index (κ3) is 2.10. The topological polar surface area (TPSA) is 37.3 Å². The summed E-state index contributed by atoms with van der Waals surface area (Å²) in [5.74, 6) is -0.206. The van der Waals surface area contributed by atoms with Crippen molar-refractivity contribution in [1.29, 1.82) is 0 Å². The molecule has 1 rings (SSSR count). The second-order valence-electron chi connectivity index (χ2n) is 3.50. The molecule has 12 heavy (non-hydrogen) atoms. The number of carbonyl (C=O) groups is 1. The zero-order valence-electron chi connectivity index (χ0n) is 7.33. The summed E-state index contributed by atoms with van der Waals surface area (Å²) in [6.07, 6.45) is 7.06. The summed E-state index contributed by atoms with van der Waals surface area (Å²) in [7, 11) is 0. The number of carboxylic acid groups (broad SMARTS) is 1. The first-order chi connectivity index (χ1) is 5.75. The first-order valence-electron chi connectivity index (χ1n) is 4.59. The Morgan fingerprint density at radius 2 is 2.33 bits per heavy atom. The zero-order valence-corrected chi connectivity index (χ0v) is 7.33. The molecule has 1 N–H and O–H groups in total. The Balaban J connectivity index is 2.16. The molecule has 68 valence electrons. The highest BCUT2D eigenvalue weighted by Gasteiger charge is 2.35. The standard InChI is InChI=1S/C10H16O2/c1-2-3-4-5-8-6-7-9(8)10(11)12/h2,8-9H,1,3-7H2,(H,11,12). The molecule has 0 aromatic carbocycles. The molecule has 0 heterocycles. The molecule has 0 amide bonds. The van der Waals surface area contributed by atoms with Crippen LogP contribution in [0, 0.1) is 11.8 Å². The van der Waals surface area contributed by atoms with Crippen LogP contribution in [-0.2, 0) is 4.79 Å². The van der Waals surface area contributed by atoms with Gasteiger partial charge < -0.3 is 5.11 Å². The van der Waals surface area contributed by atoms with Gasteiger partial charge in [0, 0.05) is 0 Å². The van der Waals surface area contributed by atoms with E-state index < -0.39 is 5.97 Å². The van der Waals surface area contributed by atoms with Crippen LogP contribution < -0.4 is 0 Å². The summed E-state index contributed by atoms with van der Waals surface area (Å²) in [6, 6.07) is 0. The molecule has 0 aromatic heterocycles. The largest absolute Gasteiger partial charge is 0.481 e. The fourth-order valence-corrected chi connectivity index (χ4v) is 1.76. The van der Waals surface area contributed by atoms with Crippen LogP contribution >= 0.6 is 0 Å². The third-order valence-electron chi connectivity index (χ3n) is 2.72. The number of carboxylic acids is 1. The van der Waals surface area contributed by atoms with Crippen molar-refractivity contribution >= 4 is 5.97 Å². The van der Waals surface area contributed by atoms with Gasteiger partial charge in [0.1, 0.15) is 0 Å². The fraction of sp³-hybridized carbons (Fsp3) is 0.700. The van der Waals surface area contributed by atoms with Gasteiger partial charge in [-0.2, -0.15) is 0 Å². The highest BCUT2D eigenvalue weighted by atomic mass is 16.4. The van der Waals surface area contributed by atoms with E-state index in [4.69, 9.17) is 5.11 Å². The Hall–Kier alpha value is -0.790. The third-order valence-corrected chi connectivity index (χ3v) is 2.72. The van der Waals surface area contributed by atoms with Gasteiger partial charge in [-0.05, 0) is 38.0 Å². The predicted octanol–water partition coefficient (Wildman–Crippen LogP) is 2.45. The van der Waals surface area contributed by atoms with Gasteiger partial charge in [-0.15, -0.1) is 6.58 Å². The van der Waals surface area contributed by atoms with E-state index in [-0.39, 0.29) is 5.92 Å².